The molecule has 1 aliphatic rings. The lowest BCUT2D eigenvalue weighted by molar-refractivity contribution is 0.0600. The number of benzene rings is 2. The lowest BCUT2D eigenvalue weighted by Crippen LogP contribution is -2.25. The number of fused-ring (bicyclic) bond motifs is 2. The van der Waals surface area contributed by atoms with Crippen molar-refractivity contribution in [2.45, 2.75) is 19.4 Å². The molecular formula is C25H22N2O3S2. The summed E-state index contributed by atoms with van der Waals surface area (Å²) in [6.07, 6.45) is 1.29. The average Bonchev–Trinajstić information content (AvgIpc) is 3.38. The maximum Gasteiger partial charge on any atom is 0.337 e. The lowest BCUT2D eigenvalue weighted by atomic mass is 9.99. The van der Waals surface area contributed by atoms with E-state index in [0.29, 0.717) is 17.5 Å². The average molecular weight is 463 g/mol. The molecule has 0 spiro atoms. The van der Waals surface area contributed by atoms with Gasteiger partial charge >= 0.3 is 5.97 Å². The second-order valence-corrected chi connectivity index (χ2v) is 10.2. The summed E-state index contributed by atoms with van der Waals surface area (Å²) in [5, 5.41) is 0.997. The lowest BCUT2D eigenvalue weighted by Gasteiger charge is -2.22. The Kier molecular flexibility index (Phi) is 5.63. The van der Waals surface area contributed by atoms with Gasteiger partial charge in [-0.2, -0.15) is 0 Å². The summed E-state index contributed by atoms with van der Waals surface area (Å²) in [5.41, 5.74) is 4.52. The van der Waals surface area contributed by atoms with Crippen LogP contribution in [0.15, 0.2) is 48.5 Å². The zero-order valence-corrected chi connectivity index (χ0v) is 19.5. The molecule has 0 N–H and O–H groups in total. The number of carbonyl (C=O) groups excluding carboxylic acids is 2. The van der Waals surface area contributed by atoms with Crippen molar-refractivity contribution in [3.05, 3.63) is 75.0 Å². The van der Waals surface area contributed by atoms with Crippen molar-refractivity contribution in [1.82, 2.24) is 9.88 Å². The summed E-state index contributed by atoms with van der Waals surface area (Å²) in [4.78, 5) is 34.5. The van der Waals surface area contributed by atoms with Crippen LogP contribution in [-0.4, -0.2) is 42.3 Å². The number of para-hydroxylation sites is 1. The van der Waals surface area contributed by atoms with Crippen molar-refractivity contribution in [2.75, 3.05) is 20.7 Å². The molecule has 162 valence electrons. The number of ketones is 1. The van der Waals surface area contributed by atoms with Crippen LogP contribution in [0.5, 0.6) is 0 Å². The number of carbonyl (C=O) groups is 2. The van der Waals surface area contributed by atoms with Gasteiger partial charge < -0.3 is 9.64 Å². The third-order valence-electron chi connectivity index (χ3n) is 5.78. The van der Waals surface area contributed by atoms with Crippen molar-refractivity contribution >= 4 is 44.6 Å². The van der Waals surface area contributed by atoms with E-state index in [-0.39, 0.29) is 5.78 Å². The number of thiazole rings is 1. The number of ether oxygens (including phenoxy) is 1. The SMILES string of the molecule is COC(=O)c1ccc(C(=O)Cc2sc3c(c2-c2nc4ccccc4s2)CCN(C)C3)cc1. The zero-order valence-electron chi connectivity index (χ0n) is 17.9. The molecule has 0 amide bonds. The molecule has 7 heteroatoms. The van der Waals surface area contributed by atoms with Gasteiger partial charge in [0, 0.05) is 40.4 Å². The molecule has 0 aliphatic carbocycles. The minimum Gasteiger partial charge on any atom is -0.465 e. The van der Waals surface area contributed by atoms with Crippen LogP contribution >= 0.6 is 22.7 Å². The Bertz CT molecular complexity index is 1290. The summed E-state index contributed by atoms with van der Waals surface area (Å²) in [7, 11) is 3.48. The monoisotopic (exact) mass is 462 g/mol. The minimum atomic E-state index is -0.405. The molecule has 1 aliphatic heterocycles. The van der Waals surface area contributed by atoms with Crippen LogP contribution in [0.4, 0.5) is 0 Å². The predicted octanol–water partition coefficient (Wildman–Crippen LogP) is 5.22. The van der Waals surface area contributed by atoms with Gasteiger partial charge in [-0.25, -0.2) is 9.78 Å². The van der Waals surface area contributed by atoms with E-state index in [1.807, 2.05) is 18.2 Å². The fourth-order valence-corrected chi connectivity index (χ4v) is 6.66. The Morgan fingerprint density at radius 1 is 1.06 bits per heavy atom. The normalized spacial score (nSPS) is 13.8. The van der Waals surface area contributed by atoms with E-state index in [0.717, 1.165) is 45.2 Å². The van der Waals surface area contributed by atoms with E-state index >= 15 is 0 Å². The van der Waals surface area contributed by atoms with Gasteiger partial charge in [-0.3, -0.25) is 4.79 Å². The third-order valence-corrected chi connectivity index (χ3v) is 8.05. The van der Waals surface area contributed by atoms with Crippen molar-refractivity contribution in [3.8, 4) is 10.6 Å². The van der Waals surface area contributed by atoms with Crippen LogP contribution in [0.25, 0.3) is 20.8 Å². The molecule has 5 rings (SSSR count). The highest BCUT2D eigenvalue weighted by Crippen LogP contribution is 2.42. The first-order valence-electron chi connectivity index (χ1n) is 10.4. The maximum atomic E-state index is 13.2. The molecule has 2 aromatic heterocycles. The number of rotatable bonds is 5. The van der Waals surface area contributed by atoms with Crippen molar-refractivity contribution in [1.29, 1.82) is 0 Å². The van der Waals surface area contributed by atoms with E-state index in [1.54, 1.807) is 46.9 Å². The molecule has 0 unspecified atom stereocenters. The highest BCUT2D eigenvalue weighted by molar-refractivity contribution is 7.22. The molecule has 2 aromatic carbocycles. The van der Waals surface area contributed by atoms with Crippen LogP contribution in [0.3, 0.4) is 0 Å². The summed E-state index contributed by atoms with van der Waals surface area (Å²) < 4.78 is 5.90. The topological polar surface area (TPSA) is 59.5 Å². The van der Waals surface area contributed by atoms with Gasteiger partial charge in [-0.1, -0.05) is 24.3 Å². The summed E-state index contributed by atoms with van der Waals surface area (Å²) in [6, 6.07) is 14.9. The second-order valence-electron chi connectivity index (χ2n) is 7.95. The molecule has 0 saturated carbocycles. The number of hydrogen-bond donors (Lipinski definition) is 0. The minimum absolute atomic E-state index is 0.0377. The fourth-order valence-electron chi connectivity index (χ4n) is 4.10. The third kappa shape index (κ3) is 3.88. The number of thiophene rings is 1. The number of esters is 1. The van der Waals surface area contributed by atoms with E-state index in [1.165, 1.54) is 17.6 Å². The van der Waals surface area contributed by atoms with Crippen molar-refractivity contribution in [2.24, 2.45) is 0 Å². The molecule has 0 radical (unpaired) electrons. The number of methoxy groups -OCH3 is 1. The first-order chi connectivity index (χ1) is 15.5. The molecule has 32 heavy (non-hydrogen) atoms. The Labute approximate surface area is 194 Å². The first-order valence-corrected chi connectivity index (χ1v) is 12.1. The summed E-state index contributed by atoms with van der Waals surface area (Å²) in [6.45, 7) is 1.91. The van der Waals surface area contributed by atoms with Crippen LogP contribution in [-0.2, 0) is 24.1 Å². The van der Waals surface area contributed by atoms with Crippen LogP contribution in [0.2, 0.25) is 0 Å². The maximum absolute atomic E-state index is 13.2. The number of hydrogen-bond acceptors (Lipinski definition) is 7. The standard InChI is InChI=1S/C25H22N2O3S2/c1-27-12-11-17-22(14-27)31-21(23(17)24-26-18-5-3-4-6-20(18)32-24)13-19(28)15-7-9-16(10-8-15)25(29)30-2/h3-10H,11-14H2,1-2H3. The fraction of sp³-hybridized carbons (Fsp3) is 0.240. The van der Waals surface area contributed by atoms with E-state index < -0.39 is 5.97 Å². The predicted molar refractivity (Wildman–Crippen MR) is 129 cm³/mol. The largest absolute Gasteiger partial charge is 0.465 e. The van der Waals surface area contributed by atoms with Gasteiger partial charge in [0.25, 0.3) is 0 Å². The van der Waals surface area contributed by atoms with Gasteiger partial charge in [0.1, 0.15) is 5.01 Å². The van der Waals surface area contributed by atoms with Crippen molar-refractivity contribution < 1.29 is 14.3 Å². The molecule has 3 heterocycles. The molecule has 0 atom stereocenters. The molecule has 4 aromatic rings. The molecule has 0 bridgehead atoms. The van der Waals surface area contributed by atoms with Crippen LogP contribution in [0.1, 0.15) is 36.0 Å². The van der Waals surface area contributed by atoms with E-state index in [2.05, 4.69) is 18.0 Å². The Morgan fingerprint density at radius 3 is 2.56 bits per heavy atom. The number of aromatic nitrogens is 1. The van der Waals surface area contributed by atoms with E-state index in [9.17, 15) is 9.59 Å². The van der Waals surface area contributed by atoms with Crippen LogP contribution in [0, 0.1) is 0 Å². The smallest absolute Gasteiger partial charge is 0.337 e. The van der Waals surface area contributed by atoms with Gasteiger partial charge in [-0.05, 0) is 43.3 Å². The highest BCUT2D eigenvalue weighted by Gasteiger charge is 2.27. The quantitative estimate of drug-likeness (QED) is 0.300. The number of nitrogens with zero attached hydrogens (tertiary/aromatic N) is 2. The Morgan fingerprint density at radius 2 is 1.81 bits per heavy atom. The second kappa shape index (κ2) is 8.58. The molecule has 0 saturated heterocycles. The van der Waals surface area contributed by atoms with Crippen molar-refractivity contribution in [3.63, 3.8) is 0 Å². The van der Waals surface area contributed by atoms with E-state index in [4.69, 9.17) is 9.72 Å². The number of likely N-dealkylation sites (N-methyl/N-ethyl adjacent to an activating group) is 1. The van der Waals surface area contributed by atoms with Gasteiger partial charge in [0.2, 0.25) is 0 Å². The van der Waals surface area contributed by atoms with Gasteiger partial charge in [0.05, 0.1) is 22.9 Å². The number of Topliss-reactive ketones (excluding diaryl/α,β-unsaturated/α-hetero) is 1. The van der Waals surface area contributed by atoms with Crippen LogP contribution < -0.4 is 0 Å². The molecule has 5 nitrogen and oxygen atoms in total. The van der Waals surface area contributed by atoms with Gasteiger partial charge in [-0.15, -0.1) is 22.7 Å². The molecular weight excluding hydrogens is 440 g/mol. The Balaban J connectivity index is 1.52. The first kappa shape index (κ1) is 21.0. The summed E-state index contributed by atoms with van der Waals surface area (Å²) >= 11 is 3.43. The highest BCUT2D eigenvalue weighted by atomic mass is 32.1. The van der Waals surface area contributed by atoms with Gasteiger partial charge in [0.15, 0.2) is 5.78 Å². The Hall–Kier alpha value is -2.87. The zero-order chi connectivity index (χ0) is 22.2. The molecule has 0 fully saturated rings. The summed E-state index contributed by atoms with van der Waals surface area (Å²) in [5.74, 6) is -0.368.